The molecule has 10 rings (SSSR count). The van der Waals surface area contributed by atoms with E-state index in [2.05, 4.69) is 191 Å². The largest absolute Gasteiger partial charge is 0.455 e. The molecule has 0 saturated heterocycles. The van der Waals surface area contributed by atoms with Gasteiger partial charge in [0.25, 0.3) is 6.71 Å². The summed E-state index contributed by atoms with van der Waals surface area (Å²) in [5, 5.41) is 2.30. The van der Waals surface area contributed by atoms with Gasteiger partial charge in [-0.15, -0.1) is 0 Å². The van der Waals surface area contributed by atoms with Crippen LogP contribution in [0.15, 0.2) is 150 Å². The second-order valence-electron chi connectivity index (χ2n) is 16.3. The maximum Gasteiger partial charge on any atom is 0.252 e. The van der Waals surface area contributed by atoms with Crippen LogP contribution >= 0.6 is 0 Å². The third-order valence-electron chi connectivity index (χ3n) is 12.0. The molecule has 0 radical (unpaired) electrons. The SMILES string of the molecule is CC(C)c1ccc(N2c3ccc(C(C)C)cc3B3c4cc(C(C)C)ccc4N(c4ccc(-c5cccc6c5oc5ccccc56)cc4)c4cccc2c43)cc1. The average molecular weight is 713 g/mol. The minimum atomic E-state index is 0.0981. The van der Waals surface area contributed by atoms with Crippen LogP contribution in [0.3, 0.4) is 0 Å². The molecule has 3 nitrogen and oxygen atoms in total. The number of furan rings is 1. The van der Waals surface area contributed by atoms with Crippen LogP contribution in [0.5, 0.6) is 0 Å². The minimum absolute atomic E-state index is 0.0981. The number of fused-ring (bicyclic) bond motifs is 7. The molecule has 2 aliphatic rings. The lowest BCUT2D eigenvalue weighted by Gasteiger charge is -2.44. The van der Waals surface area contributed by atoms with Crippen LogP contribution in [0.4, 0.5) is 34.1 Å². The van der Waals surface area contributed by atoms with Gasteiger partial charge in [-0.3, -0.25) is 0 Å². The number of nitrogens with zero attached hydrogens (tertiary/aromatic N) is 2. The highest BCUT2D eigenvalue weighted by atomic mass is 16.3. The lowest BCUT2D eigenvalue weighted by Crippen LogP contribution is -2.61. The van der Waals surface area contributed by atoms with E-state index < -0.39 is 0 Å². The summed E-state index contributed by atoms with van der Waals surface area (Å²) >= 11 is 0. The molecule has 0 unspecified atom stereocenters. The number of hydrogen-bond acceptors (Lipinski definition) is 3. The number of para-hydroxylation sites is 2. The lowest BCUT2D eigenvalue weighted by atomic mass is 9.33. The molecule has 8 aromatic rings. The van der Waals surface area contributed by atoms with E-state index in [0.717, 1.165) is 38.8 Å². The molecule has 0 aliphatic carbocycles. The first kappa shape index (κ1) is 33.6. The standard InChI is InChI=1S/C51H45BN2O/c1-31(2)34-17-23-38(24-18-34)53-45-27-21-36(32(3)4)29-43(45)52-44-30-37(33(5)6)22-28-46(44)54(48-15-10-14-47(53)50(48)52)39-25-19-35(20-26-39)40-12-9-13-42-41-11-7-8-16-49(41)55-51(40)42/h7-33H,1-6H3. The topological polar surface area (TPSA) is 19.6 Å². The van der Waals surface area contributed by atoms with Gasteiger partial charge in [0, 0.05) is 50.5 Å². The van der Waals surface area contributed by atoms with Gasteiger partial charge in [0.05, 0.1) is 0 Å². The van der Waals surface area contributed by atoms with E-state index in [1.165, 1.54) is 61.5 Å². The maximum atomic E-state index is 6.45. The second kappa shape index (κ2) is 12.8. The highest BCUT2D eigenvalue weighted by Gasteiger charge is 2.43. The summed E-state index contributed by atoms with van der Waals surface area (Å²) in [5.74, 6) is 1.31. The maximum absolute atomic E-state index is 6.45. The van der Waals surface area contributed by atoms with E-state index in [0.29, 0.717) is 17.8 Å². The zero-order chi connectivity index (χ0) is 37.5. The summed E-state index contributed by atoms with van der Waals surface area (Å²) < 4.78 is 6.45. The van der Waals surface area contributed by atoms with Crippen LogP contribution in [0.1, 0.15) is 76.0 Å². The Morgan fingerprint density at radius 3 is 1.55 bits per heavy atom. The van der Waals surface area contributed by atoms with Crippen molar-refractivity contribution in [3.8, 4) is 11.1 Å². The summed E-state index contributed by atoms with van der Waals surface area (Å²) in [7, 11) is 0. The van der Waals surface area contributed by atoms with Gasteiger partial charge >= 0.3 is 0 Å². The molecule has 3 heterocycles. The lowest BCUT2D eigenvalue weighted by molar-refractivity contribution is 0.670. The summed E-state index contributed by atoms with van der Waals surface area (Å²) in [4.78, 5) is 5.00. The normalized spacial score (nSPS) is 13.3. The van der Waals surface area contributed by atoms with E-state index in [1.807, 2.05) is 6.07 Å². The fourth-order valence-corrected chi connectivity index (χ4v) is 9.03. The van der Waals surface area contributed by atoms with Crippen LogP contribution < -0.4 is 26.2 Å². The average Bonchev–Trinajstić information content (AvgIpc) is 3.59. The Labute approximate surface area is 324 Å². The molecule has 55 heavy (non-hydrogen) atoms. The predicted molar refractivity (Wildman–Crippen MR) is 235 cm³/mol. The van der Waals surface area contributed by atoms with Crippen molar-refractivity contribution in [1.82, 2.24) is 0 Å². The zero-order valence-corrected chi connectivity index (χ0v) is 32.5. The first-order valence-corrected chi connectivity index (χ1v) is 19.9. The fourth-order valence-electron chi connectivity index (χ4n) is 9.03. The molecule has 4 heteroatoms. The van der Waals surface area contributed by atoms with Crippen molar-refractivity contribution in [3.63, 3.8) is 0 Å². The van der Waals surface area contributed by atoms with Crippen molar-refractivity contribution in [1.29, 1.82) is 0 Å². The highest BCUT2D eigenvalue weighted by Crippen LogP contribution is 2.45. The van der Waals surface area contributed by atoms with E-state index in [1.54, 1.807) is 0 Å². The van der Waals surface area contributed by atoms with Crippen LogP contribution in [0.25, 0.3) is 33.1 Å². The monoisotopic (exact) mass is 712 g/mol. The quantitative estimate of drug-likeness (QED) is 0.160. The van der Waals surface area contributed by atoms with Crippen LogP contribution in [0.2, 0.25) is 0 Å². The number of hydrogen-bond donors (Lipinski definition) is 0. The summed E-state index contributed by atoms with van der Waals surface area (Å²) in [6.07, 6.45) is 0. The van der Waals surface area contributed by atoms with E-state index in [4.69, 9.17) is 4.42 Å². The Hall–Kier alpha value is -6.00. The summed E-state index contributed by atoms with van der Waals surface area (Å²) in [6, 6.07) is 54.4. The van der Waals surface area contributed by atoms with Gasteiger partial charge in [0.15, 0.2) is 0 Å². The molecule has 0 atom stereocenters. The first-order valence-electron chi connectivity index (χ1n) is 19.9. The molecule has 2 aliphatic heterocycles. The van der Waals surface area contributed by atoms with Crippen molar-refractivity contribution in [2.75, 3.05) is 9.80 Å². The third kappa shape index (κ3) is 5.26. The fraction of sp³-hybridized carbons (Fsp3) is 0.176. The molecule has 1 aromatic heterocycles. The Morgan fingerprint density at radius 2 is 0.964 bits per heavy atom. The number of anilines is 6. The van der Waals surface area contributed by atoms with Gasteiger partial charge in [-0.25, -0.2) is 0 Å². The molecule has 0 amide bonds. The van der Waals surface area contributed by atoms with E-state index >= 15 is 0 Å². The Balaban J connectivity index is 1.18. The third-order valence-corrected chi connectivity index (χ3v) is 12.0. The van der Waals surface area contributed by atoms with E-state index in [9.17, 15) is 0 Å². The number of benzene rings is 7. The van der Waals surface area contributed by atoms with Crippen LogP contribution in [-0.4, -0.2) is 6.71 Å². The van der Waals surface area contributed by atoms with Crippen molar-refractivity contribution in [3.05, 3.63) is 162 Å². The summed E-state index contributed by atoms with van der Waals surface area (Å²) in [5.41, 5.74) is 19.6. The molecular formula is C51H45BN2O. The molecule has 0 spiro atoms. The van der Waals surface area contributed by atoms with Crippen molar-refractivity contribution in [2.24, 2.45) is 0 Å². The van der Waals surface area contributed by atoms with Gasteiger partial charge < -0.3 is 14.2 Å². The molecular weight excluding hydrogens is 667 g/mol. The van der Waals surface area contributed by atoms with Gasteiger partial charge in [-0.2, -0.15) is 0 Å². The predicted octanol–water partition coefficient (Wildman–Crippen LogP) is 12.7. The first-order chi connectivity index (χ1) is 26.8. The molecule has 0 bridgehead atoms. The molecule has 0 saturated carbocycles. The Kier molecular flexibility index (Phi) is 7.82. The minimum Gasteiger partial charge on any atom is -0.455 e. The Bertz CT molecular complexity index is 2760. The highest BCUT2D eigenvalue weighted by molar-refractivity contribution is 7.00. The van der Waals surface area contributed by atoms with Gasteiger partial charge in [-0.05, 0) is 111 Å². The van der Waals surface area contributed by atoms with Gasteiger partial charge in [0.1, 0.15) is 11.2 Å². The van der Waals surface area contributed by atoms with Gasteiger partial charge in [-0.1, -0.05) is 133 Å². The van der Waals surface area contributed by atoms with Crippen molar-refractivity contribution in [2.45, 2.75) is 59.3 Å². The molecule has 7 aromatic carbocycles. The summed E-state index contributed by atoms with van der Waals surface area (Å²) in [6.45, 7) is 13.8. The van der Waals surface area contributed by atoms with Crippen molar-refractivity contribution >= 4 is 79.2 Å². The molecule has 0 fully saturated rings. The van der Waals surface area contributed by atoms with Crippen LogP contribution in [-0.2, 0) is 0 Å². The van der Waals surface area contributed by atoms with E-state index in [-0.39, 0.29) is 6.71 Å². The second-order valence-corrected chi connectivity index (χ2v) is 16.3. The number of rotatable bonds is 6. The Morgan fingerprint density at radius 1 is 0.455 bits per heavy atom. The van der Waals surface area contributed by atoms with Crippen LogP contribution in [0, 0.1) is 0 Å². The van der Waals surface area contributed by atoms with Gasteiger partial charge in [0.2, 0.25) is 0 Å². The zero-order valence-electron chi connectivity index (χ0n) is 32.5. The molecule has 0 N–H and O–H groups in total. The smallest absolute Gasteiger partial charge is 0.252 e. The van der Waals surface area contributed by atoms with Crippen molar-refractivity contribution < 1.29 is 4.42 Å². The molecule has 268 valence electrons.